The summed E-state index contributed by atoms with van der Waals surface area (Å²) in [4.78, 5) is 0. The molecule has 0 aliphatic carbocycles. The molecular weight excluding hydrogens is 224 g/mol. The first-order valence-electron chi connectivity index (χ1n) is 0. The zero-order valence-corrected chi connectivity index (χ0v) is 9.39. The van der Waals surface area contributed by atoms with Crippen LogP contribution in [0.5, 0.6) is 0 Å². The van der Waals surface area contributed by atoms with Gasteiger partial charge in [0, 0.05) is 91.4 Å². The second-order valence-corrected chi connectivity index (χ2v) is 0. The number of rotatable bonds is 0. The van der Waals surface area contributed by atoms with Crippen molar-refractivity contribution in [1.82, 2.24) is 0 Å². The van der Waals surface area contributed by atoms with Crippen LogP contribution in [-0.4, -0.2) is 37.7 Å². The molecule has 0 rings (SSSR count). The van der Waals surface area contributed by atoms with Gasteiger partial charge in [0.1, 0.15) is 0 Å². The first-order chi connectivity index (χ1) is 0. The molecule has 4 heavy (non-hydrogen) atoms. The first kappa shape index (κ1) is 28.4. The minimum atomic E-state index is 0. The molecule has 0 aromatic carbocycles. The normalized spacial score (nSPS) is 0. The summed E-state index contributed by atoms with van der Waals surface area (Å²) in [6.45, 7) is 0. The van der Waals surface area contributed by atoms with Crippen LogP contribution in [0.1, 0.15) is 0 Å². The zero-order valence-electron chi connectivity index (χ0n) is 2.09. The molecule has 0 nitrogen and oxygen atoms in total. The van der Waals surface area contributed by atoms with Gasteiger partial charge in [-0.3, -0.25) is 0 Å². The molecule has 0 heterocycles. The molecule has 0 atom stereocenters. The summed E-state index contributed by atoms with van der Waals surface area (Å²) in [7, 11) is 0. The van der Waals surface area contributed by atoms with Crippen molar-refractivity contribution in [2.24, 2.45) is 0 Å². The smallest absolute Gasteiger partial charge is 0 e. The molecule has 0 spiro atoms. The predicted molar refractivity (Wildman–Crippen MR) is 5.75 cm³/mol. The van der Waals surface area contributed by atoms with Crippen molar-refractivity contribution in [2.75, 3.05) is 0 Å². The van der Waals surface area contributed by atoms with Crippen LogP contribution < -0.4 is 0 Å². The van der Waals surface area contributed by atoms with E-state index in [-0.39, 0.29) is 91.4 Å². The van der Waals surface area contributed by atoms with E-state index in [1.165, 1.54) is 0 Å². The van der Waals surface area contributed by atoms with Gasteiger partial charge in [-0.05, 0) is 0 Å². The van der Waals surface area contributed by atoms with Crippen molar-refractivity contribution >= 4 is 37.7 Å². The predicted octanol–water partition coefficient (Wildman–Crippen LogP) is -0.388. The van der Waals surface area contributed by atoms with E-state index < -0.39 is 0 Å². The second-order valence-electron chi connectivity index (χ2n) is 0. The van der Waals surface area contributed by atoms with Crippen LogP contribution in [0.4, 0.5) is 0 Å². The van der Waals surface area contributed by atoms with Gasteiger partial charge in [0.05, 0.1) is 0 Å². The van der Waals surface area contributed by atoms with Crippen LogP contribution in [0.25, 0.3) is 0 Å². The Morgan fingerprint density at radius 1 is 1.00 bits per heavy atom. The first-order valence-corrected chi connectivity index (χ1v) is 0. The Bertz CT molecular complexity index is 8.00. The fourth-order valence-corrected chi connectivity index (χ4v) is 0. The molecule has 0 aliphatic rings. The summed E-state index contributed by atoms with van der Waals surface area (Å²) in [5.74, 6) is 0. The summed E-state index contributed by atoms with van der Waals surface area (Å²) >= 11 is 0. The molecule has 0 bridgehead atoms. The second kappa shape index (κ2) is 16.8. The van der Waals surface area contributed by atoms with E-state index in [2.05, 4.69) is 0 Å². The van der Waals surface area contributed by atoms with E-state index in [1.54, 1.807) is 0 Å². The molecule has 0 unspecified atom stereocenters. The fourth-order valence-electron chi connectivity index (χ4n) is 0. The SMILES string of the molecule is [Ca].[Cu].[Mn].[Zn]. The summed E-state index contributed by atoms with van der Waals surface area (Å²) in [5.41, 5.74) is 0. The molecule has 0 fully saturated rings. The fraction of sp³-hybridized carbons (Fsp3) is 0. The van der Waals surface area contributed by atoms with Crippen LogP contribution in [-0.2, 0) is 53.6 Å². The molecule has 4 heteroatoms. The topological polar surface area (TPSA) is 0 Å². The van der Waals surface area contributed by atoms with Gasteiger partial charge < -0.3 is 0 Å². The van der Waals surface area contributed by atoms with Gasteiger partial charge in [0.2, 0.25) is 0 Å². The Morgan fingerprint density at radius 2 is 1.00 bits per heavy atom. The molecule has 0 saturated heterocycles. The third kappa shape index (κ3) is 8.87. The molecular formula is CaCuMnZn. The maximum absolute atomic E-state index is 0. The van der Waals surface area contributed by atoms with Crippen LogP contribution in [0.3, 0.4) is 0 Å². The maximum Gasteiger partial charge on any atom is 0 e. The van der Waals surface area contributed by atoms with Crippen molar-refractivity contribution in [2.45, 2.75) is 0 Å². The molecule has 0 amide bonds. The van der Waals surface area contributed by atoms with Crippen LogP contribution >= 0.6 is 0 Å². The van der Waals surface area contributed by atoms with E-state index in [0.29, 0.717) is 0 Å². The van der Waals surface area contributed by atoms with Crippen molar-refractivity contribution in [3.05, 3.63) is 0 Å². The van der Waals surface area contributed by atoms with Gasteiger partial charge >= 0.3 is 0 Å². The summed E-state index contributed by atoms with van der Waals surface area (Å²) in [5, 5.41) is 0. The minimum absolute atomic E-state index is 0. The molecule has 0 aliphatic heterocycles. The van der Waals surface area contributed by atoms with Gasteiger partial charge in [-0.25, -0.2) is 0 Å². The molecule has 0 aromatic heterocycles. The Labute approximate surface area is 89.6 Å². The van der Waals surface area contributed by atoms with Crippen LogP contribution in [0.15, 0.2) is 0 Å². The largest absolute Gasteiger partial charge is 0 e. The molecule has 22 valence electrons. The average molecular weight is 224 g/mol. The van der Waals surface area contributed by atoms with Crippen molar-refractivity contribution in [3.8, 4) is 0 Å². The monoisotopic (exact) mass is 222 g/mol. The minimum Gasteiger partial charge on any atom is 0 e. The van der Waals surface area contributed by atoms with E-state index in [4.69, 9.17) is 0 Å². The maximum atomic E-state index is 0. The van der Waals surface area contributed by atoms with Gasteiger partial charge in [-0.15, -0.1) is 0 Å². The van der Waals surface area contributed by atoms with Crippen LogP contribution in [0, 0.1) is 0 Å². The van der Waals surface area contributed by atoms with Crippen molar-refractivity contribution < 1.29 is 53.6 Å². The quantitative estimate of drug-likeness (QED) is 0.491. The number of hydrogen-bond donors (Lipinski definition) is 0. The van der Waals surface area contributed by atoms with Gasteiger partial charge in [-0.1, -0.05) is 0 Å². The zero-order chi connectivity index (χ0) is 0. The van der Waals surface area contributed by atoms with Gasteiger partial charge in [0.25, 0.3) is 0 Å². The summed E-state index contributed by atoms with van der Waals surface area (Å²) in [6, 6.07) is 0. The van der Waals surface area contributed by atoms with Gasteiger partial charge in [0.15, 0.2) is 0 Å². The Kier molecular flexibility index (Phi) is 119. The van der Waals surface area contributed by atoms with Crippen molar-refractivity contribution in [3.63, 3.8) is 0 Å². The standard InChI is InChI=1S/Ca.Cu.Mn.Zn. The molecule has 0 N–H and O–H groups in total. The van der Waals surface area contributed by atoms with E-state index >= 15 is 0 Å². The van der Waals surface area contributed by atoms with Crippen LogP contribution in [0.2, 0.25) is 0 Å². The van der Waals surface area contributed by atoms with Crippen molar-refractivity contribution in [1.29, 1.82) is 0 Å². The Hall–Kier alpha value is 2.92. The summed E-state index contributed by atoms with van der Waals surface area (Å²) in [6.07, 6.45) is 0. The average Bonchev–Trinajstić information content (AvgIpc) is 0. The third-order valence-corrected chi connectivity index (χ3v) is 0. The van der Waals surface area contributed by atoms with Gasteiger partial charge in [-0.2, -0.15) is 0 Å². The summed E-state index contributed by atoms with van der Waals surface area (Å²) < 4.78 is 0. The van der Waals surface area contributed by atoms with E-state index in [9.17, 15) is 0 Å². The number of hydrogen-bond acceptors (Lipinski definition) is 0. The van der Waals surface area contributed by atoms with E-state index in [0.717, 1.165) is 0 Å². The Balaban J connectivity index is 0. The molecule has 4 radical (unpaired) electrons. The van der Waals surface area contributed by atoms with E-state index in [1.807, 2.05) is 0 Å². The molecule has 0 saturated carbocycles. The molecule has 0 aromatic rings. The Morgan fingerprint density at radius 3 is 1.00 bits per heavy atom. The third-order valence-electron chi connectivity index (χ3n) is 0.